The van der Waals surface area contributed by atoms with Crippen LogP contribution in [0.1, 0.15) is 13.8 Å². The lowest BCUT2D eigenvalue weighted by Crippen LogP contribution is -1.81. The summed E-state index contributed by atoms with van der Waals surface area (Å²) in [6.45, 7) is 4.00. The summed E-state index contributed by atoms with van der Waals surface area (Å²) in [4.78, 5) is 0. The van der Waals surface area contributed by atoms with Crippen molar-refractivity contribution < 1.29 is 0 Å². The molecule has 0 atom stereocenters. The standard InChI is InChI=1S/C9H8ClN.C2H6/c1-11-5-4-7-6-8(10)2-3-9(7)11;1-2/h2-6H,1H3;1-2H3. The second-order valence-corrected chi connectivity index (χ2v) is 3.07. The van der Waals surface area contributed by atoms with Crippen LogP contribution >= 0.6 is 11.6 Å². The molecule has 70 valence electrons. The zero-order chi connectivity index (χ0) is 9.84. The zero-order valence-electron chi connectivity index (χ0n) is 8.21. The molecular formula is C11H14ClN. The largest absolute Gasteiger partial charge is 0.351 e. The van der Waals surface area contributed by atoms with E-state index < -0.39 is 0 Å². The molecule has 1 nitrogen and oxygen atoms in total. The molecule has 0 radical (unpaired) electrons. The first-order valence-electron chi connectivity index (χ1n) is 4.48. The number of aromatic nitrogens is 1. The Hall–Kier alpha value is -0.950. The molecule has 0 aliphatic heterocycles. The van der Waals surface area contributed by atoms with Crippen molar-refractivity contribution in [3.8, 4) is 0 Å². The number of hydrogen-bond acceptors (Lipinski definition) is 0. The second-order valence-electron chi connectivity index (χ2n) is 2.63. The molecule has 0 saturated heterocycles. The van der Waals surface area contributed by atoms with E-state index in [9.17, 15) is 0 Å². The molecule has 0 aliphatic rings. The molecule has 0 bridgehead atoms. The van der Waals surface area contributed by atoms with Gasteiger partial charge in [-0.25, -0.2) is 0 Å². The average Bonchev–Trinajstić information content (AvgIpc) is 2.51. The smallest absolute Gasteiger partial charge is 0.0478 e. The lowest BCUT2D eigenvalue weighted by Gasteiger charge is -1.94. The molecule has 0 aliphatic carbocycles. The maximum absolute atomic E-state index is 5.82. The molecule has 0 fully saturated rings. The third kappa shape index (κ3) is 2.04. The van der Waals surface area contributed by atoms with Crippen LogP contribution in [0.5, 0.6) is 0 Å². The highest BCUT2D eigenvalue weighted by atomic mass is 35.5. The Labute approximate surface area is 83.9 Å². The van der Waals surface area contributed by atoms with E-state index in [2.05, 4.69) is 10.6 Å². The molecule has 0 amide bonds. The average molecular weight is 196 g/mol. The Bertz CT molecular complexity index is 390. The van der Waals surface area contributed by atoms with Crippen LogP contribution in [0.2, 0.25) is 5.02 Å². The molecule has 2 heteroatoms. The van der Waals surface area contributed by atoms with E-state index >= 15 is 0 Å². The van der Waals surface area contributed by atoms with Crippen LogP contribution in [-0.2, 0) is 7.05 Å². The van der Waals surface area contributed by atoms with Gasteiger partial charge in [0.1, 0.15) is 0 Å². The van der Waals surface area contributed by atoms with Crippen LogP contribution in [0.15, 0.2) is 30.5 Å². The van der Waals surface area contributed by atoms with Gasteiger partial charge in [-0.15, -0.1) is 0 Å². The monoisotopic (exact) mass is 195 g/mol. The van der Waals surface area contributed by atoms with Crippen molar-refractivity contribution in [2.45, 2.75) is 13.8 Å². The van der Waals surface area contributed by atoms with Gasteiger partial charge in [-0.3, -0.25) is 0 Å². The van der Waals surface area contributed by atoms with Crippen molar-refractivity contribution in [3.05, 3.63) is 35.5 Å². The molecule has 0 spiro atoms. The third-order valence-electron chi connectivity index (χ3n) is 1.85. The van der Waals surface area contributed by atoms with Gasteiger partial charge in [-0.1, -0.05) is 25.4 Å². The van der Waals surface area contributed by atoms with Crippen LogP contribution in [0.4, 0.5) is 0 Å². The molecule has 1 heterocycles. The van der Waals surface area contributed by atoms with Gasteiger partial charge >= 0.3 is 0 Å². The highest BCUT2D eigenvalue weighted by Gasteiger charge is 1.96. The summed E-state index contributed by atoms with van der Waals surface area (Å²) in [6, 6.07) is 7.96. The van der Waals surface area contributed by atoms with E-state index in [4.69, 9.17) is 11.6 Å². The predicted octanol–water partition coefficient (Wildman–Crippen LogP) is 3.86. The predicted molar refractivity (Wildman–Crippen MR) is 59.3 cm³/mol. The van der Waals surface area contributed by atoms with Gasteiger partial charge < -0.3 is 4.57 Å². The van der Waals surface area contributed by atoms with Crippen LogP contribution in [0, 0.1) is 0 Å². The highest BCUT2D eigenvalue weighted by Crippen LogP contribution is 2.19. The molecule has 0 unspecified atom stereocenters. The molecule has 13 heavy (non-hydrogen) atoms. The lowest BCUT2D eigenvalue weighted by atomic mass is 10.2. The number of halogens is 1. The molecule has 0 N–H and O–H groups in total. The molecule has 2 aromatic rings. The number of nitrogens with zero attached hydrogens (tertiary/aromatic N) is 1. The second kappa shape index (κ2) is 4.33. The van der Waals surface area contributed by atoms with Crippen LogP contribution in [0.25, 0.3) is 10.9 Å². The fourth-order valence-corrected chi connectivity index (χ4v) is 1.43. The van der Waals surface area contributed by atoms with E-state index in [0.29, 0.717) is 0 Å². The van der Waals surface area contributed by atoms with Crippen molar-refractivity contribution in [1.82, 2.24) is 4.57 Å². The van der Waals surface area contributed by atoms with E-state index in [0.717, 1.165) is 5.02 Å². The normalized spacial score (nSPS) is 9.54. The van der Waals surface area contributed by atoms with Crippen molar-refractivity contribution in [3.63, 3.8) is 0 Å². The Kier molecular flexibility index (Phi) is 3.38. The number of aryl methyl sites for hydroxylation is 1. The number of rotatable bonds is 0. The minimum Gasteiger partial charge on any atom is -0.351 e. The summed E-state index contributed by atoms with van der Waals surface area (Å²) in [7, 11) is 2.02. The highest BCUT2D eigenvalue weighted by molar-refractivity contribution is 6.31. The van der Waals surface area contributed by atoms with Gasteiger partial charge in [-0.2, -0.15) is 0 Å². The van der Waals surface area contributed by atoms with E-state index in [-0.39, 0.29) is 0 Å². The molecular weight excluding hydrogens is 182 g/mol. The maximum atomic E-state index is 5.82. The SMILES string of the molecule is CC.Cn1ccc2cc(Cl)ccc21. The van der Waals surface area contributed by atoms with Crippen molar-refractivity contribution in [2.24, 2.45) is 7.05 Å². The topological polar surface area (TPSA) is 4.93 Å². The molecule has 1 aromatic carbocycles. The Morgan fingerprint density at radius 3 is 2.54 bits per heavy atom. The van der Waals surface area contributed by atoms with Crippen LogP contribution < -0.4 is 0 Å². The summed E-state index contributed by atoms with van der Waals surface area (Å²) in [5.41, 5.74) is 1.22. The Balaban J connectivity index is 0.000000396. The Morgan fingerprint density at radius 1 is 1.15 bits per heavy atom. The maximum Gasteiger partial charge on any atom is 0.0478 e. The quantitative estimate of drug-likeness (QED) is 0.602. The first kappa shape index (κ1) is 10.1. The van der Waals surface area contributed by atoms with Gasteiger partial charge in [0.15, 0.2) is 0 Å². The summed E-state index contributed by atoms with van der Waals surface area (Å²) >= 11 is 5.82. The molecule has 1 aromatic heterocycles. The van der Waals surface area contributed by atoms with Gasteiger partial charge in [0, 0.05) is 29.2 Å². The first-order valence-corrected chi connectivity index (χ1v) is 4.86. The zero-order valence-corrected chi connectivity index (χ0v) is 8.97. The van der Waals surface area contributed by atoms with Gasteiger partial charge in [-0.05, 0) is 24.3 Å². The lowest BCUT2D eigenvalue weighted by molar-refractivity contribution is 0.969. The van der Waals surface area contributed by atoms with E-state index in [1.165, 1.54) is 10.9 Å². The minimum atomic E-state index is 0.795. The summed E-state index contributed by atoms with van der Waals surface area (Å²) in [6.07, 6.45) is 2.03. The number of benzene rings is 1. The van der Waals surface area contributed by atoms with E-state index in [1.54, 1.807) is 0 Å². The number of fused-ring (bicyclic) bond motifs is 1. The minimum absolute atomic E-state index is 0.795. The van der Waals surface area contributed by atoms with Crippen LogP contribution in [-0.4, -0.2) is 4.57 Å². The van der Waals surface area contributed by atoms with E-state index in [1.807, 2.05) is 45.3 Å². The van der Waals surface area contributed by atoms with Crippen LogP contribution in [0.3, 0.4) is 0 Å². The summed E-state index contributed by atoms with van der Waals surface area (Å²) < 4.78 is 2.08. The summed E-state index contributed by atoms with van der Waals surface area (Å²) in [5, 5.41) is 1.99. The number of hydrogen-bond donors (Lipinski definition) is 0. The Morgan fingerprint density at radius 2 is 1.85 bits per heavy atom. The van der Waals surface area contributed by atoms with Crippen molar-refractivity contribution in [1.29, 1.82) is 0 Å². The van der Waals surface area contributed by atoms with Gasteiger partial charge in [0.05, 0.1) is 0 Å². The third-order valence-corrected chi connectivity index (χ3v) is 2.08. The van der Waals surface area contributed by atoms with Gasteiger partial charge in [0.25, 0.3) is 0 Å². The first-order chi connectivity index (χ1) is 6.27. The van der Waals surface area contributed by atoms with Crippen molar-refractivity contribution >= 4 is 22.5 Å². The fourth-order valence-electron chi connectivity index (χ4n) is 1.25. The van der Waals surface area contributed by atoms with Gasteiger partial charge in [0.2, 0.25) is 0 Å². The molecule has 0 saturated carbocycles. The van der Waals surface area contributed by atoms with Crippen molar-refractivity contribution in [2.75, 3.05) is 0 Å². The fraction of sp³-hybridized carbons (Fsp3) is 0.273. The summed E-state index contributed by atoms with van der Waals surface area (Å²) in [5.74, 6) is 0. The molecule has 2 rings (SSSR count).